The Kier molecular flexibility index (Phi) is 6.98. The Labute approximate surface area is 137 Å². The van der Waals surface area contributed by atoms with E-state index in [4.69, 9.17) is 4.74 Å². The third kappa shape index (κ3) is 6.43. The molecule has 0 atom stereocenters. The summed E-state index contributed by atoms with van der Waals surface area (Å²) in [4.78, 5) is 11.6. The van der Waals surface area contributed by atoms with Gasteiger partial charge in [0.15, 0.2) is 0 Å². The molecule has 0 aliphatic rings. The molecule has 0 saturated carbocycles. The molecule has 0 aliphatic carbocycles. The SMILES string of the molecule is CCCNC(=O)CNc1cccc(OCCc2ccccc2)c1. The van der Waals surface area contributed by atoms with Crippen molar-refractivity contribution in [2.45, 2.75) is 19.8 Å². The van der Waals surface area contributed by atoms with Gasteiger partial charge in [-0.05, 0) is 24.1 Å². The Hall–Kier alpha value is -2.49. The van der Waals surface area contributed by atoms with E-state index < -0.39 is 0 Å². The quantitative estimate of drug-likeness (QED) is 0.747. The number of hydrogen-bond acceptors (Lipinski definition) is 3. The molecule has 0 saturated heterocycles. The third-order valence-electron chi connectivity index (χ3n) is 3.36. The van der Waals surface area contributed by atoms with Crippen molar-refractivity contribution in [1.29, 1.82) is 0 Å². The van der Waals surface area contributed by atoms with Crippen LogP contribution in [-0.4, -0.2) is 25.6 Å². The molecule has 2 aromatic carbocycles. The number of nitrogens with one attached hydrogen (secondary N) is 2. The van der Waals surface area contributed by atoms with Gasteiger partial charge in [0.05, 0.1) is 13.2 Å². The molecular weight excluding hydrogens is 288 g/mol. The molecule has 0 fully saturated rings. The van der Waals surface area contributed by atoms with E-state index in [1.807, 2.05) is 49.4 Å². The van der Waals surface area contributed by atoms with Crippen LogP contribution in [0.2, 0.25) is 0 Å². The molecule has 23 heavy (non-hydrogen) atoms. The van der Waals surface area contributed by atoms with Crippen LogP contribution in [0.4, 0.5) is 5.69 Å². The largest absolute Gasteiger partial charge is 0.493 e. The monoisotopic (exact) mass is 312 g/mol. The summed E-state index contributed by atoms with van der Waals surface area (Å²) in [5, 5.41) is 5.95. The van der Waals surface area contributed by atoms with Crippen molar-refractivity contribution < 1.29 is 9.53 Å². The summed E-state index contributed by atoms with van der Waals surface area (Å²) in [5.41, 5.74) is 2.14. The van der Waals surface area contributed by atoms with Gasteiger partial charge in [-0.1, -0.05) is 43.3 Å². The summed E-state index contributed by atoms with van der Waals surface area (Å²) in [6.07, 6.45) is 1.81. The second-order valence-corrected chi connectivity index (χ2v) is 5.32. The van der Waals surface area contributed by atoms with Crippen LogP contribution in [0.5, 0.6) is 5.75 Å². The third-order valence-corrected chi connectivity index (χ3v) is 3.36. The summed E-state index contributed by atoms with van der Waals surface area (Å²) in [7, 11) is 0. The summed E-state index contributed by atoms with van der Waals surface area (Å²) >= 11 is 0. The van der Waals surface area contributed by atoms with Crippen molar-refractivity contribution in [3.63, 3.8) is 0 Å². The molecule has 122 valence electrons. The summed E-state index contributed by atoms with van der Waals surface area (Å²) in [6.45, 7) is 3.64. The predicted molar refractivity (Wildman–Crippen MR) is 93.9 cm³/mol. The van der Waals surface area contributed by atoms with Crippen LogP contribution in [0, 0.1) is 0 Å². The topological polar surface area (TPSA) is 50.4 Å². The lowest BCUT2D eigenvalue weighted by atomic mass is 10.2. The van der Waals surface area contributed by atoms with Crippen LogP contribution in [-0.2, 0) is 11.2 Å². The van der Waals surface area contributed by atoms with Crippen molar-refractivity contribution >= 4 is 11.6 Å². The number of benzene rings is 2. The maximum Gasteiger partial charge on any atom is 0.239 e. The molecular formula is C19H24N2O2. The van der Waals surface area contributed by atoms with Gasteiger partial charge in [0, 0.05) is 24.7 Å². The standard InChI is InChI=1S/C19H24N2O2/c1-2-12-20-19(22)15-21-17-9-6-10-18(14-17)23-13-11-16-7-4-3-5-8-16/h3-10,14,21H,2,11-13,15H2,1H3,(H,20,22). The maximum atomic E-state index is 11.6. The lowest BCUT2D eigenvalue weighted by Crippen LogP contribution is -2.30. The van der Waals surface area contributed by atoms with E-state index in [0.717, 1.165) is 24.3 Å². The highest BCUT2D eigenvalue weighted by Crippen LogP contribution is 2.17. The summed E-state index contributed by atoms with van der Waals surface area (Å²) in [5.74, 6) is 0.808. The highest BCUT2D eigenvalue weighted by Gasteiger charge is 2.01. The van der Waals surface area contributed by atoms with E-state index in [-0.39, 0.29) is 12.5 Å². The van der Waals surface area contributed by atoms with Crippen LogP contribution < -0.4 is 15.4 Å². The number of amides is 1. The highest BCUT2D eigenvalue weighted by atomic mass is 16.5. The van der Waals surface area contributed by atoms with Crippen LogP contribution in [0.1, 0.15) is 18.9 Å². The second kappa shape index (κ2) is 9.51. The molecule has 0 aliphatic heterocycles. The Balaban J connectivity index is 1.76. The van der Waals surface area contributed by atoms with Crippen molar-refractivity contribution in [3.05, 3.63) is 60.2 Å². The van der Waals surface area contributed by atoms with Crippen molar-refractivity contribution in [2.75, 3.05) is 25.0 Å². The maximum absolute atomic E-state index is 11.6. The van der Waals surface area contributed by atoms with Crippen molar-refractivity contribution in [3.8, 4) is 5.75 Å². The van der Waals surface area contributed by atoms with Gasteiger partial charge in [0.1, 0.15) is 5.75 Å². The van der Waals surface area contributed by atoms with E-state index in [1.165, 1.54) is 5.56 Å². The normalized spacial score (nSPS) is 10.1. The van der Waals surface area contributed by atoms with Crippen LogP contribution in [0.3, 0.4) is 0 Å². The van der Waals surface area contributed by atoms with Gasteiger partial charge < -0.3 is 15.4 Å². The first kappa shape index (κ1) is 16.9. The van der Waals surface area contributed by atoms with E-state index in [2.05, 4.69) is 22.8 Å². The smallest absolute Gasteiger partial charge is 0.239 e. The van der Waals surface area contributed by atoms with Gasteiger partial charge >= 0.3 is 0 Å². The molecule has 0 unspecified atom stereocenters. The van der Waals surface area contributed by atoms with E-state index >= 15 is 0 Å². The molecule has 4 heteroatoms. The van der Waals surface area contributed by atoms with Crippen LogP contribution in [0.15, 0.2) is 54.6 Å². The lowest BCUT2D eigenvalue weighted by Gasteiger charge is -2.10. The first-order valence-corrected chi connectivity index (χ1v) is 8.05. The molecule has 1 amide bonds. The second-order valence-electron chi connectivity index (χ2n) is 5.32. The fraction of sp³-hybridized carbons (Fsp3) is 0.316. The fourth-order valence-electron chi connectivity index (χ4n) is 2.14. The number of carbonyl (C=O) groups excluding carboxylic acids is 1. The lowest BCUT2D eigenvalue weighted by molar-refractivity contribution is -0.119. The average molecular weight is 312 g/mol. The zero-order chi connectivity index (χ0) is 16.3. The van der Waals surface area contributed by atoms with E-state index in [9.17, 15) is 4.79 Å². The van der Waals surface area contributed by atoms with E-state index in [0.29, 0.717) is 13.2 Å². The number of carbonyl (C=O) groups is 1. The Bertz CT molecular complexity index is 599. The number of ether oxygens (including phenoxy) is 1. The summed E-state index contributed by atoms with van der Waals surface area (Å²) in [6, 6.07) is 17.9. The molecule has 4 nitrogen and oxygen atoms in total. The van der Waals surface area contributed by atoms with Gasteiger partial charge in [-0.25, -0.2) is 0 Å². The van der Waals surface area contributed by atoms with Gasteiger partial charge in [-0.3, -0.25) is 4.79 Å². The predicted octanol–water partition coefficient (Wildman–Crippen LogP) is 3.25. The Morgan fingerprint density at radius 2 is 1.91 bits per heavy atom. The molecule has 2 rings (SSSR count). The molecule has 0 heterocycles. The highest BCUT2D eigenvalue weighted by molar-refractivity contribution is 5.80. The zero-order valence-corrected chi connectivity index (χ0v) is 13.5. The van der Waals surface area contributed by atoms with Crippen molar-refractivity contribution in [2.24, 2.45) is 0 Å². The molecule has 0 spiro atoms. The number of rotatable bonds is 9. The first-order valence-electron chi connectivity index (χ1n) is 8.05. The minimum atomic E-state index is 0.00208. The number of anilines is 1. The average Bonchev–Trinajstić information content (AvgIpc) is 2.59. The van der Waals surface area contributed by atoms with Gasteiger partial charge in [-0.15, -0.1) is 0 Å². The fourth-order valence-corrected chi connectivity index (χ4v) is 2.14. The molecule has 0 radical (unpaired) electrons. The Morgan fingerprint density at radius 3 is 2.70 bits per heavy atom. The van der Waals surface area contributed by atoms with Crippen LogP contribution >= 0.6 is 0 Å². The minimum absolute atomic E-state index is 0.00208. The van der Waals surface area contributed by atoms with Gasteiger partial charge in [0.2, 0.25) is 5.91 Å². The summed E-state index contributed by atoms with van der Waals surface area (Å²) < 4.78 is 5.78. The Morgan fingerprint density at radius 1 is 1.09 bits per heavy atom. The minimum Gasteiger partial charge on any atom is -0.493 e. The molecule has 0 aromatic heterocycles. The zero-order valence-electron chi connectivity index (χ0n) is 13.5. The molecule has 2 N–H and O–H groups in total. The van der Waals surface area contributed by atoms with E-state index in [1.54, 1.807) is 0 Å². The number of hydrogen-bond donors (Lipinski definition) is 2. The molecule has 0 bridgehead atoms. The first-order chi connectivity index (χ1) is 11.3. The molecule has 2 aromatic rings. The van der Waals surface area contributed by atoms with Gasteiger partial charge in [0.25, 0.3) is 0 Å². The van der Waals surface area contributed by atoms with Gasteiger partial charge in [-0.2, -0.15) is 0 Å². The van der Waals surface area contributed by atoms with Crippen LogP contribution in [0.25, 0.3) is 0 Å². The van der Waals surface area contributed by atoms with Crippen molar-refractivity contribution in [1.82, 2.24) is 5.32 Å².